The highest BCUT2D eigenvalue weighted by Gasteiger charge is 2.30. The fraction of sp³-hybridized carbons (Fsp3) is 0.100. The summed E-state index contributed by atoms with van der Waals surface area (Å²) in [4.78, 5) is -0.0976. The number of halogens is 3. The molecule has 0 radical (unpaired) electrons. The molecule has 1 rings (SSSR count). The zero-order chi connectivity index (χ0) is 14.5. The Hall–Kier alpha value is -2.21. The Morgan fingerprint density at radius 2 is 2.05 bits per heavy atom. The lowest BCUT2D eigenvalue weighted by Gasteiger charge is -2.10. The molecule has 0 saturated carbocycles. The minimum atomic E-state index is -4.43. The fourth-order valence-corrected chi connectivity index (χ4v) is 1.65. The molecule has 0 spiro atoms. The second-order valence-corrected chi connectivity index (χ2v) is 4.25. The molecule has 0 saturated heterocycles. The highest BCUT2D eigenvalue weighted by molar-refractivity contribution is 8.00. The first-order chi connectivity index (χ1) is 8.83. The van der Waals surface area contributed by atoms with Crippen molar-refractivity contribution in [3.63, 3.8) is 0 Å². The highest BCUT2D eigenvalue weighted by Crippen LogP contribution is 2.40. The number of alkyl halides is 3. The predicted molar refractivity (Wildman–Crippen MR) is 66.9 cm³/mol. The van der Waals surface area contributed by atoms with Crippen LogP contribution in [0.5, 0.6) is 0 Å². The van der Waals surface area contributed by atoms with Crippen molar-refractivity contribution in [2.45, 2.75) is 10.4 Å². The Morgan fingerprint density at radius 1 is 1.42 bits per heavy atom. The van der Waals surface area contributed by atoms with Gasteiger partial charge in [-0.1, -0.05) is 12.1 Å². The number of benzene rings is 1. The summed E-state index contributed by atoms with van der Waals surface area (Å²) < 4.78 is 36.9. The second kappa shape index (κ2) is 6.10. The van der Waals surface area contributed by atoms with Gasteiger partial charge in [-0.2, -0.15) is 23.5 Å². The first-order valence-electron chi connectivity index (χ1n) is 4.76. The van der Waals surface area contributed by atoms with Gasteiger partial charge in [0.05, 0.1) is 5.69 Å². The summed E-state index contributed by atoms with van der Waals surface area (Å²) in [6, 6.07) is 7.13. The van der Waals surface area contributed by atoms with Crippen molar-refractivity contribution in [1.82, 2.24) is 0 Å². The Bertz CT molecular complexity index is 547. The Labute approximate surface area is 110 Å². The number of thioether (sulfide) groups is 1. The molecule has 1 aromatic carbocycles. The number of anilines is 1. The van der Waals surface area contributed by atoms with Gasteiger partial charge in [0.25, 0.3) is 0 Å². The fourth-order valence-electron chi connectivity index (χ4n) is 1.03. The van der Waals surface area contributed by atoms with Gasteiger partial charge in [-0.25, -0.2) is 0 Å². The van der Waals surface area contributed by atoms with Crippen LogP contribution in [0.25, 0.3) is 0 Å². The van der Waals surface area contributed by atoms with Gasteiger partial charge in [0.2, 0.25) is 5.71 Å². The number of hydrogen-bond acceptors (Lipinski definition) is 5. The Kier molecular flexibility index (Phi) is 4.77. The molecule has 19 heavy (non-hydrogen) atoms. The normalized spacial score (nSPS) is 11.8. The molecule has 0 bridgehead atoms. The van der Waals surface area contributed by atoms with Gasteiger partial charge in [0.1, 0.15) is 6.07 Å². The van der Waals surface area contributed by atoms with Crippen molar-refractivity contribution >= 4 is 29.0 Å². The van der Waals surface area contributed by atoms with E-state index in [1.807, 2.05) is 0 Å². The maximum absolute atomic E-state index is 12.3. The molecule has 0 aliphatic rings. The molecule has 0 atom stereocenters. The van der Waals surface area contributed by atoms with Crippen LogP contribution in [-0.4, -0.2) is 17.1 Å². The molecule has 0 aromatic heterocycles. The maximum Gasteiger partial charge on any atom is 0.446 e. The number of nitrogens with two attached hydrogens (primary N) is 1. The van der Waals surface area contributed by atoms with E-state index < -0.39 is 17.1 Å². The van der Waals surface area contributed by atoms with Crippen LogP contribution in [0.4, 0.5) is 18.9 Å². The summed E-state index contributed by atoms with van der Waals surface area (Å²) in [7, 11) is 0. The monoisotopic (exact) mass is 287 g/mol. The molecule has 0 unspecified atom stereocenters. The zero-order valence-corrected chi connectivity index (χ0v) is 10.1. The number of rotatable bonds is 4. The van der Waals surface area contributed by atoms with Crippen LogP contribution < -0.4 is 11.2 Å². The van der Waals surface area contributed by atoms with E-state index in [0.717, 1.165) is 0 Å². The summed E-state index contributed by atoms with van der Waals surface area (Å²) >= 11 is -0.305. The molecule has 5 nitrogen and oxygen atoms in total. The van der Waals surface area contributed by atoms with E-state index in [9.17, 15) is 13.2 Å². The molecule has 0 heterocycles. The standard InChI is InChI=1S/C10H8F3N5S/c11-10(12,13)19-8-4-2-1-3-6(8)17-18-7(5-14)9(15)16/h1-4,17H,(H3,15,16)/b18-7+. The van der Waals surface area contributed by atoms with Gasteiger partial charge in [0.15, 0.2) is 5.84 Å². The molecule has 100 valence electrons. The number of hydrazone groups is 1. The van der Waals surface area contributed by atoms with Gasteiger partial charge < -0.3 is 5.73 Å². The third kappa shape index (κ3) is 4.89. The van der Waals surface area contributed by atoms with Crippen molar-refractivity contribution in [3.8, 4) is 6.07 Å². The third-order valence-corrected chi connectivity index (χ3v) is 2.57. The molecule has 0 aliphatic carbocycles. The minimum absolute atomic E-state index is 0.0684. The van der Waals surface area contributed by atoms with Crippen LogP contribution >= 0.6 is 11.8 Å². The molecule has 9 heteroatoms. The maximum atomic E-state index is 12.3. The third-order valence-electron chi connectivity index (χ3n) is 1.76. The van der Waals surface area contributed by atoms with Gasteiger partial charge in [-0.15, -0.1) is 0 Å². The van der Waals surface area contributed by atoms with E-state index in [1.165, 1.54) is 24.3 Å². The van der Waals surface area contributed by atoms with Crippen LogP contribution in [0.3, 0.4) is 0 Å². The van der Waals surface area contributed by atoms with E-state index in [-0.39, 0.29) is 22.3 Å². The molecule has 0 fully saturated rings. The zero-order valence-electron chi connectivity index (χ0n) is 9.32. The van der Waals surface area contributed by atoms with Crippen molar-refractivity contribution < 1.29 is 13.2 Å². The van der Waals surface area contributed by atoms with Gasteiger partial charge >= 0.3 is 5.51 Å². The largest absolute Gasteiger partial charge is 0.446 e. The van der Waals surface area contributed by atoms with E-state index in [0.29, 0.717) is 0 Å². The summed E-state index contributed by atoms with van der Waals surface area (Å²) in [6.45, 7) is 0. The summed E-state index contributed by atoms with van der Waals surface area (Å²) in [5.41, 5.74) is 2.58. The number of nitrogens with zero attached hydrogens (tertiary/aromatic N) is 2. The lowest BCUT2D eigenvalue weighted by molar-refractivity contribution is -0.0327. The Morgan fingerprint density at radius 3 is 2.58 bits per heavy atom. The number of para-hydroxylation sites is 1. The average Bonchev–Trinajstić information content (AvgIpc) is 2.29. The highest BCUT2D eigenvalue weighted by atomic mass is 32.2. The van der Waals surface area contributed by atoms with Crippen molar-refractivity contribution in [3.05, 3.63) is 24.3 Å². The van der Waals surface area contributed by atoms with Crippen LogP contribution in [-0.2, 0) is 0 Å². The summed E-state index contributed by atoms with van der Waals surface area (Å²) in [6.07, 6.45) is 0. The van der Waals surface area contributed by atoms with E-state index in [4.69, 9.17) is 16.4 Å². The van der Waals surface area contributed by atoms with Gasteiger partial charge in [-0.3, -0.25) is 10.8 Å². The molecular weight excluding hydrogens is 279 g/mol. The molecule has 0 amide bonds. The van der Waals surface area contributed by atoms with Crippen LogP contribution in [0.1, 0.15) is 0 Å². The minimum Gasteiger partial charge on any atom is -0.382 e. The molecule has 1 aromatic rings. The van der Waals surface area contributed by atoms with Gasteiger partial charge in [-0.05, 0) is 23.9 Å². The first-order valence-corrected chi connectivity index (χ1v) is 5.58. The number of nitriles is 1. The summed E-state index contributed by atoms with van der Waals surface area (Å²) in [5, 5.41) is 19.1. The Balaban J connectivity index is 2.97. The quantitative estimate of drug-likeness (QED) is 0.343. The smallest absolute Gasteiger partial charge is 0.382 e. The number of amidine groups is 1. The summed E-state index contributed by atoms with van der Waals surface area (Å²) in [5.74, 6) is -0.573. The lowest BCUT2D eigenvalue weighted by atomic mass is 10.3. The van der Waals surface area contributed by atoms with E-state index >= 15 is 0 Å². The van der Waals surface area contributed by atoms with Crippen molar-refractivity contribution in [2.24, 2.45) is 10.8 Å². The molecule has 4 N–H and O–H groups in total. The number of hydrogen-bond donors (Lipinski definition) is 3. The second-order valence-electron chi connectivity index (χ2n) is 3.14. The van der Waals surface area contributed by atoms with Crippen LogP contribution in [0.2, 0.25) is 0 Å². The first kappa shape index (κ1) is 14.8. The lowest BCUT2D eigenvalue weighted by Crippen LogP contribution is -2.21. The van der Waals surface area contributed by atoms with Crippen molar-refractivity contribution in [2.75, 3.05) is 5.43 Å². The van der Waals surface area contributed by atoms with Crippen molar-refractivity contribution in [1.29, 1.82) is 10.7 Å². The molecular formula is C10H8F3N5S. The number of nitrogens with one attached hydrogen (secondary N) is 2. The van der Waals surface area contributed by atoms with Crippen LogP contribution in [0, 0.1) is 16.7 Å². The molecule has 0 aliphatic heterocycles. The van der Waals surface area contributed by atoms with E-state index in [1.54, 1.807) is 6.07 Å². The SMILES string of the molecule is N#C/C(=N\Nc1ccccc1SC(F)(F)F)C(=N)N. The van der Waals surface area contributed by atoms with Crippen LogP contribution in [0.15, 0.2) is 34.3 Å². The predicted octanol–water partition coefficient (Wildman–Crippen LogP) is 2.53. The topological polar surface area (TPSA) is 98.0 Å². The average molecular weight is 287 g/mol. The van der Waals surface area contributed by atoms with E-state index in [2.05, 4.69) is 10.5 Å². The van der Waals surface area contributed by atoms with Gasteiger partial charge in [0, 0.05) is 4.90 Å².